The molecule has 0 radical (unpaired) electrons. The molecule has 2 aromatic heterocycles. The highest BCUT2D eigenvalue weighted by Crippen LogP contribution is 2.31. The van der Waals surface area contributed by atoms with Gasteiger partial charge in [-0.2, -0.15) is 0 Å². The molecule has 0 spiro atoms. The fraction of sp³-hybridized carbons (Fsp3) is 0.263. The number of hydrogen-bond acceptors (Lipinski definition) is 8. The normalized spacial score (nSPS) is 18.1. The maximum absolute atomic E-state index is 12.5. The highest BCUT2D eigenvalue weighted by atomic mass is 16.5. The summed E-state index contributed by atoms with van der Waals surface area (Å²) in [6.45, 7) is 0. The van der Waals surface area contributed by atoms with Gasteiger partial charge in [-0.3, -0.25) is 14.2 Å². The van der Waals surface area contributed by atoms with Crippen LogP contribution >= 0.6 is 0 Å². The molecular weight excluding hydrogens is 378 g/mol. The lowest BCUT2D eigenvalue weighted by Gasteiger charge is -2.33. The van der Waals surface area contributed by atoms with Gasteiger partial charge in [0, 0.05) is 24.3 Å². The van der Waals surface area contributed by atoms with E-state index in [-0.39, 0.29) is 23.7 Å². The minimum atomic E-state index is -0.766. The maximum Gasteiger partial charge on any atom is 0.296 e. The van der Waals surface area contributed by atoms with Crippen LogP contribution in [0.4, 0.5) is 11.4 Å². The van der Waals surface area contributed by atoms with Crippen LogP contribution in [0.1, 0.15) is 23.3 Å². The van der Waals surface area contributed by atoms with Gasteiger partial charge in [0.1, 0.15) is 17.8 Å². The van der Waals surface area contributed by atoms with Crippen LogP contribution < -0.4 is 16.2 Å². The zero-order valence-corrected chi connectivity index (χ0v) is 15.5. The molecule has 10 heteroatoms. The molecule has 4 rings (SSSR count). The summed E-state index contributed by atoms with van der Waals surface area (Å²) in [5.41, 5.74) is 0.414. The van der Waals surface area contributed by atoms with Crippen molar-refractivity contribution < 1.29 is 19.5 Å². The molecule has 1 amide bonds. The topological polar surface area (TPSA) is 143 Å². The van der Waals surface area contributed by atoms with Gasteiger partial charge in [0.2, 0.25) is 5.75 Å². The van der Waals surface area contributed by atoms with Crippen molar-refractivity contribution in [2.24, 2.45) is 7.05 Å². The van der Waals surface area contributed by atoms with Gasteiger partial charge in [-0.05, 0) is 25.0 Å². The third kappa shape index (κ3) is 3.57. The quantitative estimate of drug-likeness (QED) is 0.505. The fourth-order valence-electron chi connectivity index (χ4n) is 3.18. The average molecular weight is 397 g/mol. The fourth-order valence-corrected chi connectivity index (χ4v) is 3.18. The Kier molecular flexibility index (Phi) is 4.77. The summed E-state index contributed by atoms with van der Waals surface area (Å²) in [4.78, 5) is 29.4. The van der Waals surface area contributed by atoms with Gasteiger partial charge in [0.15, 0.2) is 5.69 Å². The summed E-state index contributed by atoms with van der Waals surface area (Å²) in [7, 11) is 1.47. The van der Waals surface area contributed by atoms with Gasteiger partial charge < -0.3 is 25.4 Å². The van der Waals surface area contributed by atoms with E-state index < -0.39 is 22.9 Å². The van der Waals surface area contributed by atoms with Crippen molar-refractivity contribution in [1.29, 1.82) is 0 Å². The van der Waals surface area contributed by atoms with E-state index in [0.29, 0.717) is 24.1 Å². The second-order valence-corrected chi connectivity index (χ2v) is 6.88. The summed E-state index contributed by atoms with van der Waals surface area (Å²) >= 11 is 0. The molecule has 1 aromatic carbocycles. The number of carbonyl (C=O) groups excluding carboxylic acids is 1. The molecule has 1 fully saturated rings. The first-order valence-electron chi connectivity index (χ1n) is 8.98. The summed E-state index contributed by atoms with van der Waals surface area (Å²) < 4.78 is 5.84. The van der Waals surface area contributed by atoms with Crippen molar-refractivity contribution in [3.63, 3.8) is 0 Å². The van der Waals surface area contributed by atoms with Crippen molar-refractivity contribution >= 4 is 17.3 Å². The Morgan fingerprint density at radius 1 is 1.31 bits per heavy atom. The third-order valence-corrected chi connectivity index (χ3v) is 4.81. The standard InChI is InChI=1S/C19H19N5O5/c1-24-17(13-4-2-3-5-14(13)21-10-6-12(25)7-10)23-15(16(26)19(24)28)18(27)22-11-8-20-29-9-11/h2-5,8-10,12,21,25-26H,6-7H2,1H3,(H,22,27). The van der Waals surface area contributed by atoms with Crippen molar-refractivity contribution in [3.8, 4) is 17.1 Å². The van der Waals surface area contributed by atoms with E-state index >= 15 is 0 Å². The molecule has 0 unspecified atom stereocenters. The number of nitrogens with zero attached hydrogens (tertiary/aromatic N) is 3. The van der Waals surface area contributed by atoms with Gasteiger partial charge in [0.05, 0.1) is 12.3 Å². The predicted molar refractivity (Wildman–Crippen MR) is 104 cm³/mol. The molecule has 1 aliphatic rings. The van der Waals surface area contributed by atoms with Crippen LogP contribution in [0.25, 0.3) is 11.4 Å². The van der Waals surface area contributed by atoms with E-state index in [1.54, 1.807) is 12.1 Å². The second-order valence-electron chi connectivity index (χ2n) is 6.88. The van der Waals surface area contributed by atoms with E-state index in [0.717, 1.165) is 0 Å². The molecule has 0 atom stereocenters. The number of carbonyl (C=O) groups is 1. The van der Waals surface area contributed by atoms with Gasteiger partial charge >= 0.3 is 0 Å². The molecule has 0 saturated heterocycles. The van der Waals surface area contributed by atoms with Gasteiger partial charge in [0.25, 0.3) is 11.5 Å². The molecule has 2 heterocycles. The number of amides is 1. The number of rotatable bonds is 5. The zero-order chi connectivity index (χ0) is 20.5. The van der Waals surface area contributed by atoms with Crippen LogP contribution in [0.5, 0.6) is 5.75 Å². The molecule has 1 aliphatic carbocycles. The van der Waals surface area contributed by atoms with Gasteiger partial charge in [-0.15, -0.1) is 0 Å². The highest BCUT2D eigenvalue weighted by molar-refractivity contribution is 6.04. The molecule has 0 aliphatic heterocycles. The molecule has 10 nitrogen and oxygen atoms in total. The van der Waals surface area contributed by atoms with E-state index in [1.807, 2.05) is 12.1 Å². The summed E-state index contributed by atoms with van der Waals surface area (Å²) in [6.07, 6.45) is 3.43. The first-order valence-corrected chi connectivity index (χ1v) is 8.98. The first-order chi connectivity index (χ1) is 13.9. The smallest absolute Gasteiger partial charge is 0.296 e. The number of aromatic nitrogens is 3. The summed E-state index contributed by atoms with van der Waals surface area (Å²) in [5.74, 6) is -1.30. The predicted octanol–water partition coefficient (Wildman–Crippen LogP) is 1.33. The zero-order valence-electron chi connectivity index (χ0n) is 15.5. The van der Waals surface area contributed by atoms with Gasteiger partial charge in [-0.1, -0.05) is 17.3 Å². The van der Waals surface area contributed by atoms with E-state index in [9.17, 15) is 19.8 Å². The Bertz CT molecular complexity index is 1100. The summed E-state index contributed by atoms with van der Waals surface area (Å²) in [5, 5.41) is 29.0. The van der Waals surface area contributed by atoms with E-state index in [1.165, 1.54) is 24.1 Å². The minimum absolute atomic E-state index is 0.108. The van der Waals surface area contributed by atoms with Crippen molar-refractivity contribution in [1.82, 2.24) is 14.7 Å². The Labute approximate surface area is 164 Å². The molecule has 150 valence electrons. The van der Waals surface area contributed by atoms with Crippen LogP contribution in [-0.4, -0.2) is 43.0 Å². The van der Waals surface area contributed by atoms with Crippen LogP contribution in [0.3, 0.4) is 0 Å². The summed E-state index contributed by atoms with van der Waals surface area (Å²) in [6, 6.07) is 7.32. The third-order valence-electron chi connectivity index (χ3n) is 4.81. The SMILES string of the molecule is Cn1c(-c2ccccc2NC2CC(O)C2)nc(C(=O)Nc2cnoc2)c(O)c1=O. The second kappa shape index (κ2) is 7.40. The number of aliphatic hydroxyl groups excluding tert-OH is 1. The van der Waals surface area contributed by atoms with Crippen LogP contribution in [0.15, 0.2) is 46.0 Å². The number of benzene rings is 1. The first kappa shape index (κ1) is 18.7. The number of nitrogens with one attached hydrogen (secondary N) is 2. The van der Waals surface area contributed by atoms with Crippen molar-refractivity contribution in [2.75, 3.05) is 10.6 Å². The molecule has 3 aromatic rings. The molecule has 0 bridgehead atoms. The number of anilines is 2. The molecule has 29 heavy (non-hydrogen) atoms. The lowest BCUT2D eigenvalue weighted by molar-refractivity contribution is 0.0836. The van der Waals surface area contributed by atoms with E-state index in [2.05, 4.69) is 25.3 Å². The van der Waals surface area contributed by atoms with Crippen LogP contribution in [0.2, 0.25) is 0 Å². The highest BCUT2D eigenvalue weighted by Gasteiger charge is 2.28. The van der Waals surface area contributed by atoms with Crippen LogP contribution in [0, 0.1) is 0 Å². The van der Waals surface area contributed by atoms with Crippen molar-refractivity contribution in [3.05, 3.63) is 52.8 Å². The largest absolute Gasteiger partial charge is 0.501 e. The molecule has 4 N–H and O–H groups in total. The average Bonchev–Trinajstić information content (AvgIpc) is 3.19. The Morgan fingerprint density at radius 2 is 2.07 bits per heavy atom. The lowest BCUT2D eigenvalue weighted by Crippen LogP contribution is -2.39. The number of para-hydroxylation sites is 1. The van der Waals surface area contributed by atoms with Gasteiger partial charge in [-0.25, -0.2) is 4.98 Å². The number of aliphatic hydroxyl groups is 1. The minimum Gasteiger partial charge on any atom is -0.501 e. The number of hydrogen-bond donors (Lipinski definition) is 4. The Morgan fingerprint density at radius 3 is 2.76 bits per heavy atom. The van der Waals surface area contributed by atoms with Crippen LogP contribution in [-0.2, 0) is 7.05 Å². The Hall–Kier alpha value is -3.66. The lowest BCUT2D eigenvalue weighted by atomic mass is 9.89. The monoisotopic (exact) mass is 397 g/mol. The molecule has 1 saturated carbocycles. The van der Waals surface area contributed by atoms with Crippen molar-refractivity contribution in [2.45, 2.75) is 25.0 Å². The molecular formula is C19H19N5O5. The number of aromatic hydroxyl groups is 1. The Balaban J connectivity index is 1.74. The maximum atomic E-state index is 12.5. The van der Waals surface area contributed by atoms with E-state index in [4.69, 9.17) is 0 Å².